The molecule has 4 aliphatic rings. The van der Waals surface area contributed by atoms with Crippen molar-refractivity contribution < 1.29 is 14.4 Å². The quantitative estimate of drug-likeness (QED) is 0.505. The number of carbonyl (C=O) groups is 3. The van der Waals surface area contributed by atoms with Crippen molar-refractivity contribution in [1.82, 2.24) is 4.90 Å². The second-order valence-corrected chi connectivity index (χ2v) is 10.7. The first-order valence-electron chi connectivity index (χ1n) is 12.3. The Hall–Kier alpha value is -3.48. The summed E-state index contributed by atoms with van der Waals surface area (Å²) in [5.41, 5.74) is 1.40. The molecule has 6 nitrogen and oxygen atoms in total. The second kappa shape index (κ2) is 7.28. The third-order valence-electron chi connectivity index (χ3n) is 8.68. The molecule has 0 unspecified atom stereocenters. The first-order valence-corrected chi connectivity index (χ1v) is 12.7. The van der Waals surface area contributed by atoms with Gasteiger partial charge in [0.25, 0.3) is 5.91 Å². The molecule has 0 radical (unpaired) electrons. The van der Waals surface area contributed by atoms with Crippen LogP contribution in [0.25, 0.3) is 0 Å². The number of fused-ring (bicyclic) bond motifs is 7. The molecule has 4 atom stereocenters. The lowest BCUT2D eigenvalue weighted by molar-refractivity contribution is -0.137. The van der Waals surface area contributed by atoms with E-state index in [0.29, 0.717) is 39.6 Å². The lowest BCUT2D eigenvalue weighted by Crippen LogP contribution is -2.62. The summed E-state index contributed by atoms with van der Waals surface area (Å²) in [6.07, 6.45) is 1.57. The van der Waals surface area contributed by atoms with Crippen molar-refractivity contribution in [3.05, 3.63) is 94.0 Å². The Labute approximate surface area is 213 Å². The summed E-state index contributed by atoms with van der Waals surface area (Å²) >= 11 is 6.49. The summed E-state index contributed by atoms with van der Waals surface area (Å²) in [5, 5.41) is 6.58. The van der Waals surface area contributed by atoms with Crippen molar-refractivity contribution in [2.24, 2.45) is 5.92 Å². The molecular weight excluding hydrogens is 474 g/mol. The van der Waals surface area contributed by atoms with Gasteiger partial charge in [0.15, 0.2) is 5.78 Å². The molecule has 2 amide bonds. The number of halogens is 1. The van der Waals surface area contributed by atoms with Gasteiger partial charge in [-0.2, -0.15) is 0 Å². The largest absolute Gasteiger partial charge is 0.325 e. The fourth-order valence-electron chi connectivity index (χ4n) is 7.45. The minimum atomic E-state index is -1.45. The van der Waals surface area contributed by atoms with E-state index in [0.717, 1.165) is 18.4 Å². The molecule has 0 aliphatic carbocycles. The Bertz CT molecular complexity index is 1490. The number of hydrogen-bond donors (Lipinski definition) is 2. The molecular formula is C29H24ClN3O3. The van der Waals surface area contributed by atoms with Crippen LogP contribution in [0.3, 0.4) is 0 Å². The monoisotopic (exact) mass is 497 g/mol. The zero-order valence-electron chi connectivity index (χ0n) is 19.7. The molecule has 0 aromatic heterocycles. The Balaban J connectivity index is 1.59. The Morgan fingerprint density at radius 1 is 0.944 bits per heavy atom. The number of ketones is 1. The predicted octanol–water partition coefficient (Wildman–Crippen LogP) is 4.66. The van der Waals surface area contributed by atoms with Gasteiger partial charge in [0.05, 0.1) is 5.92 Å². The third-order valence-corrected chi connectivity index (χ3v) is 8.91. The van der Waals surface area contributed by atoms with Gasteiger partial charge in [-0.25, -0.2) is 0 Å². The van der Waals surface area contributed by atoms with Gasteiger partial charge in [0, 0.05) is 33.6 Å². The van der Waals surface area contributed by atoms with Gasteiger partial charge in [-0.3, -0.25) is 19.3 Å². The molecule has 36 heavy (non-hydrogen) atoms. The van der Waals surface area contributed by atoms with Crippen LogP contribution in [0, 0.1) is 12.8 Å². The van der Waals surface area contributed by atoms with E-state index >= 15 is 0 Å². The maximum atomic E-state index is 14.5. The van der Waals surface area contributed by atoms with Crippen molar-refractivity contribution in [3.63, 3.8) is 0 Å². The number of Topliss-reactive ketones (excluding diaryl/α,β-unsaturated/α-hetero) is 1. The van der Waals surface area contributed by atoms with Crippen LogP contribution >= 0.6 is 11.6 Å². The summed E-state index contributed by atoms with van der Waals surface area (Å²) in [4.78, 5) is 45.3. The molecule has 0 bridgehead atoms. The van der Waals surface area contributed by atoms with Gasteiger partial charge in [-0.15, -0.1) is 0 Å². The smallest absolute Gasteiger partial charge is 0.251 e. The minimum Gasteiger partial charge on any atom is -0.325 e. The third kappa shape index (κ3) is 2.39. The topological polar surface area (TPSA) is 78.5 Å². The van der Waals surface area contributed by atoms with E-state index in [9.17, 15) is 14.4 Å². The molecule has 2 fully saturated rings. The fraction of sp³-hybridized carbons (Fsp3) is 0.276. The molecule has 2 N–H and O–H groups in total. The van der Waals surface area contributed by atoms with Crippen molar-refractivity contribution in [2.45, 2.75) is 36.8 Å². The van der Waals surface area contributed by atoms with E-state index in [4.69, 9.17) is 11.6 Å². The number of nitrogens with one attached hydrogen (secondary N) is 2. The summed E-state index contributed by atoms with van der Waals surface area (Å²) in [5.74, 6) is -1.45. The highest BCUT2D eigenvalue weighted by Gasteiger charge is 2.81. The van der Waals surface area contributed by atoms with Crippen LogP contribution in [0.5, 0.6) is 0 Å². The van der Waals surface area contributed by atoms with Gasteiger partial charge in [0.2, 0.25) is 5.91 Å². The molecule has 7 heteroatoms. The molecule has 180 valence electrons. The van der Waals surface area contributed by atoms with Gasteiger partial charge < -0.3 is 10.6 Å². The van der Waals surface area contributed by atoms with Crippen LogP contribution in [0.4, 0.5) is 11.4 Å². The molecule has 3 aromatic rings. The number of nitrogens with zero attached hydrogens (tertiary/aromatic N) is 1. The van der Waals surface area contributed by atoms with Crippen LogP contribution in [0.1, 0.15) is 39.9 Å². The minimum absolute atomic E-state index is 0.112. The SMILES string of the molecule is Cc1ccc(C(=O)[C@@H]2[C@H]3CCCN3[C@]3(C(=O)Nc4ccc(Cl)cc43)[C@@]23C(=O)Nc2ccccc23)cc1. The van der Waals surface area contributed by atoms with Crippen LogP contribution in [0.2, 0.25) is 5.02 Å². The van der Waals surface area contributed by atoms with Crippen LogP contribution < -0.4 is 10.6 Å². The normalized spacial score (nSPS) is 29.8. The van der Waals surface area contributed by atoms with Crippen LogP contribution in [0.15, 0.2) is 66.7 Å². The molecule has 7 rings (SSSR count). The first kappa shape index (κ1) is 21.8. The van der Waals surface area contributed by atoms with Crippen LogP contribution in [-0.4, -0.2) is 35.1 Å². The van der Waals surface area contributed by atoms with Crippen molar-refractivity contribution >= 4 is 40.6 Å². The Morgan fingerprint density at radius 3 is 2.47 bits per heavy atom. The number of benzene rings is 3. The van der Waals surface area contributed by atoms with Crippen molar-refractivity contribution in [1.29, 1.82) is 0 Å². The highest BCUT2D eigenvalue weighted by molar-refractivity contribution is 6.31. The number of rotatable bonds is 2. The van der Waals surface area contributed by atoms with Crippen molar-refractivity contribution in [3.8, 4) is 0 Å². The fourth-order valence-corrected chi connectivity index (χ4v) is 7.62. The van der Waals surface area contributed by atoms with E-state index in [-0.39, 0.29) is 23.6 Å². The highest BCUT2D eigenvalue weighted by atomic mass is 35.5. The number of anilines is 2. The molecule has 4 aliphatic heterocycles. The predicted molar refractivity (Wildman–Crippen MR) is 137 cm³/mol. The number of aryl methyl sites for hydroxylation is 1. The zero-order chi connectivity index (χ0) is 24.8. The number of para-hydroxylation sites is 1. The highest BCUT2D eigenvalue weighted by Crippen LogP contribution is 2.67. The van der Waals surface area contributed by atoms with E-state index in [1.807, 2.05) is 55.5 Å². The maximum absolute atomic E-state index is 14.5. The number of hydrogen-bond acceptors (Lipinski definition) is 4. The summed E-state index contributed by atoms with van der Waals surface area (Å²) < 4.78 is 0. The average molecular weight is 498 g/mol. The lowest BCUT2D eigenvalue weighted by atomic mass is 9.57. The molecule has 4 heterocycles. The first-order chi connectivity index (χ1) is 17.4. The maximum Gasteiger partial charge on any atom is 0.251 e. The number of amides is 2. The zero-order valence-corrected chi connectivity index (χ0v) is 20.4. The Morgan fingerprint density at radius 2 is 1.67 bits per heavy atom. The van der Waals surface area contributed by atoms with E-state index < -0.39 is 16.9 Å². The van der Waals surface area contributed by atoms with E-state index in [2.05, 4.69) is 15.5 Å². The lowest BCUT2D eigenvalue weighted by Gasteiger charge is -2.43. The second-order valence-electron chi connectivity index (χ2n) is 10.3. The molecule has 2 saturated heterocycles. The van der Waals surface area contributed by atoms with E-state index in [1.54, 1.807) is 18.2 Å². The van der Waals surface area contributed by atoms with Gasteiger partial charge in [-0.05, 0) is 56.1 Å². The Kier molecular flexibility index (Phi) is 4.40. The van der Waals surface area contributed by atoms with Gasteiger partial charge in [0.1, 0.15) is 11.0 Å². The van der Waals surface area contributed by atoms with Gasteiger partial charge >= 0.3 is 0 Å². The van der Waals surface area contributed by atoms with Gasteiger partial charge in [-0.1, -0.05) is 59.6 Å². The van der Waals surface area contributed by atoms with E-state index in [1.165, 1.54) is 0 Å². The van der Waals surface area contributed by atoms with Crippen LogP contribution in [-0.2, 0) is 20.5 Å². The summed E-state index contributed by atoms with van der Waals surface area (Å²) in [6, 6.07) is 20.0. The average Bonchev–Trinajstić information content (AvgIpc) is 3.58. The molecule has 2 spiro atoms. The molecule has 3 aromatic carbocycles. The van der Waals surface area contributed by atoms with Crippen molar-refractivity contribution in [2.75, 3.05) is 17.2 Å². The molecule has 0 saturated carbocycles. The standard InChI is InChI=1S/C29H24ClN3O3/c1-16-8-10-17(11-9-16)25(34)24-23-7-4-14-33(23)29(20-15-18(30)12-13-22(20)32-27(29)36)28(24)19-5-2-3-6-21(19)31-26(28)35/h2-3,5-6,8-13,15,23-24H,4,7,14H2,1H3,(H,31,35)(H,32,36)/t23-,24+,28-,29-/m1/s1. The summed E-state index contributed by atoms with van der Waals surface area (Å²) in [6.45, 7) is 2.59. The summed E-state index contributed by atoms with van der Waals surface area (Å²) in [7, 11) is 0. The number of carbonyl (C=O) groups excluding carboxylic acids is 3.